The van der Waals surface area contributed by atoms with Gasteiger partial charge in [-0.15, -0.1) is 5.10 Å². The highest BCUT2D eigenvalue weighted by molar-refractivity contribution is 5.85. The lowest BCUT2D eigenvalue weighted by atomic mass is 10.1. The van der Waals surface area contributed by atoms with Crippen LogP contribution in [0.1, 0.15) is 19.8 Å². The van der Waals surface area contributed by atoms with Crippen LogP contribution in [0.4, 0.5) is 11.6 Å². The topological polar surface area (TPSA) is 105 Å². The van der Waals surface area contributed by atoms with E-state index in [2.05, 4.69) is 37.4 Å². The number of anilines is 2. The van der Waals surface area contributed by atoms with Gasteiger partial charge >= 0.3 is 0 Å². The lowest BCUT2D eigenvalue weighted by molar-refractivity contribution is 0.0903. The zero-order chi connectivity index (χ0) is 18.9. The van der Waals surface area contributed by atoms with Crippen molar-refractivity contribution in [1.29, 1.82) is 0 Å². The Balaban J connectivity index is 1.58. The van der Waals surface area contributed by atoms with Gasteiger partial charge in [-0.1, -0.05) is 0 Å². The summed E-state index contributed by atoms with van der Waals surface area (Å²) in [5, 5.41) is 15.0. The van der Waals surface area contributed by atoms with Gasteiger partial charge in [0.05, 0.1) is 19.4 Å². The molecule has 2 saturated heterocycles. The van der Waals surface area contributed by atoms with Crippen molar-refractivity contribution in [3.05, 3.63) is 18.7 Å². The second kappa shape index (κ2) is 7.36. The van der Waals surface area contributed by atoms with Gasteiger partial charge in [-0.2, -0.15) is 14.6 Å². The molecule has 0 aromatic carbocycles. The first kappa shape index (κ1) is 17.4. The van der Waals surface area contributed by atoms with Gasteiger partial charge in [0.25, 0.3) is 0 Å². The predicted molar refractivity (Wildman–Crippen MR) is 103 cm³/mol. The van der Waals surface area contributed by atoms with Crippen LogP contribution in [0.15, 0.2) is 18.7 Å². The number of hydrogen-bond acceptors (Lipinski definition) is 8. The first-order chi connectivity index (χ1) is 13.8. The Hall–Kier alpha value is -2.72. The molecule has 2 N–H and O–H groups in total. The molecule has 0 bridgehead atoms. The Morgan fingerprint density at radius 1 is 1.21 bits per heavy atom. The van der Waals surface area contributed by atoms with E-state index >= 15 is 0 Å². The molecule has 0 aliphatic carbocycles. The van der Waals surface area contributed by atoms with E-state index in [-0.39, 0.29) is 6.04 Å². The number of ether oxygens (including phenoxy) is 2. The molecule has 5 rings (SSSR count). The molecule has 0 amide bonds. The van der Waals surface area contributed by atoms with E-state index in [1.165, 1.54) is 0 Å². The minimum absolute atomic E-state index is 0.219. The Bertz CT molecular complexity index is 935. The average Bonchev–Trinajstić information content (AvgIpc) is 3.38. The molecular weight excluding hydrogens is 360 g/mol. The summed E-state index contributed by atoms with van der Waals surface area (Å²) >= 11 is 0. The molecule has 0 saturated carbocycles. The van der Waals surface area contributed by atoms with Crippen LogP contribution in [0.2, 0.25) is 0 Å². The Morgan fingerprint density at radius 2 is 2.11 bits per heavy atom. The number of aromatic amines is 1. The summed E-state index contributed by atoms with van der Waals surface area (Å²) in [5.41, 5.74) is 3.53. The van der Waals surface area contributed by atoms with Gasteiger partial charge in [0.2, 0.25) is 5.95 Å². The van der Waals surface area contributed by atoms with Crippen LogP contribution in [0.5, 0.6) is 0 Å². The number of nitrogens with zero attached hydrogens (tertiary/aromatic N) is 6. The van der Waals surface area contributed by atoms with Crippen molar-refractivity contribution in [1.82, 2.24) is 29.8 Å². The third-order valence-electron chi connectivity index (χ3n) is 5.34. The molecule has 148 valence electrons. The number of aromatic nitrogens is 6. The molecule has 10 nitrogen and oxygen atoms in total. The fourth-order valence-electron chi connectivity index (χ4n) is 3.85. The maximum absolute atomic E-state index is 5.63. The zero-order valence-corrected chi connectivity index (χ0v) is 15.8. The van der Waals surface area contributed by atoms with E-state index in [4.69, 9.17) is 14.5 Å². The molecule has 0 unspecified atom stereocenters. The van der Waals surface area contributed by atoms with Crippen LogP contribution in [0.3, 0.4) is 0 Å². The van der Waals surface area contributed by atoms with Crippen molar-refractivity contribution in [2.75, 3.05) is 43.2 Å². The van der Waals surface area contributed by atoms with Gasteiger partial charge in [-0.3, -0.25) is 5.10 Å². The van der Waals surface area contributed by atoms with Crippen LogP contribution in [0, 0.1) is 0 Å². The summed E-state index contributed by atoms with van der Waals surface area (Å²) in [7, 11) is 0. The molecule has 0 spiro atoms. The van der Waals surface area contributed by atoms with Crippen molar-refractivity contribution in [2.24, 2.45) is 0 Å². The summed E-state index contributed by atoms with van der Waals surface area (Å²) in [6.45, 7) is 5.83. The summed E-state index contributed by atoms with van der Waals surface area (Å²) < 4.78 is 12.8. The third-order valence-corrected chi connectivity index (χ3v) is 5.34. The van der Waals surface area contributed by atoms with Gasteiger partial charge in [0, 0.05) is 43.6 Å². The van der Waals surface area contributed by atoms with Gasteiger partial charge in [-0.05, 0) is 19.8 Å². The predicted octanol–water partition coefficient (Wildman–Crippen LogP) is 1.33. The largest absolute Gasteiger partial charge is 0.381 e. The van der Waals surface area contributed by atoms with Gasteiger partial charge in [-0.25, -0.2) is 4.98 Å². The molecule has 2 aliphatic heterocycles. The van der Waals surface area contributed by atoms with Crippen LogP contribution >= 0.6 is 0 Å². The van der Waals surface area contributed by atoms with Crippen molar-refractivity contribution in [2.45, 2.75) is 31.8 Å². The molecular formula is C18H24N8O2. The first-order valence-corrected chi connectivity index (χ1v) is 9.73. The van der Waals surface area contributed by atoms with Gasteiger partial charge in [0.1, 0.15) is 17.7 Å². The minimum atomic E-state index is 0.219. The molecule has 2 aliphatic rings. The van der Waals surface area contributed by atoms with E-state index in [1.807, 2.05) is 6.20 Å². The molecule has 5 heterocycles. The quantitative estimate of drug-likeness (QED) is 0.694. The molecule has 2 fully saturated rings. The highest BCUT2D eigenvalue weighted by Crippen LogP contribution is 2.34. The van der Waals surface area contributed by atoms with Gasteiger partial charge < -0.3 is 19.7 Å². The van der Waals surface area contributed by atoms with Crippen LogP contribution in [-0.2, 0) is 9.47 Å². The fraction of sp³-hybridized carbons (Fsp3) is 0.556. The maximum Gasteiger partial charge on any atom is 0.243 e. The number of hydrogen-bond donors (Lipinski definition) is 2. The fourth-order valence-corrected chi connectivity index (χ4v) is 3.85. The first-order valence-electron chi connectivity index (χ1n) is 9.73. The maximum atomic E-state index is 5.63. The number of H-pyrrole nitrogens is 1. The highest BCUT2D eigenvalue weighted by atomic mass is 16.5. The number of rotatable bonds is 4. The lowest BCUT2D eigenvalue weighted by Gasteiger charge is -2.35. The molecule has 28 heavy (non-hydrogen) atoms. The molecule has 10 heteroatoms. The van der Waals surface area contributed by atoms with Crippen LogP contribution in [0.25, 0.3) is 16.9 Å². The standard InChI is InChI=1S/C18H24N8O2/c1-12-10-28-7-4-25(12)16-15(13-8-20-21-9-13)19-11-26-17(16)23-18(24-26)22-14-2-5-27-6-3-14/h8-9,11-12,14H,2-7,10H2,1H3,(H,20,21)(H,22,24)/t12-/m0/s1. The zero-order valence-electron chi connectivity index (χ0n) is 15.8. The monoisotopic (exact) mass is 384 g/mol. The second-order valence-electron chi connectivity index (χ2n) is 7.28. The Morgan fingerprint density at radius 3 is 2.89 bits per heavy atom. The normalized spacial score (nSPS) is 21.3. The average molecular weight is 384 g/mol. The molecule has 3 aromatic heterocycles. The molecule has 3 aromatic rings. The highest BCUT2D eigenvalue weighted by Gasteiger charge is 2.27. The lowest BCUT2D eigenvalue weighted by Crippen LogP contribution is -2.44. The molecule has 1 atom stereocenters. The van der Waals surface area contributed by atoms with Crippen molar-refractivity contribution in [3.8, 4) is 11.3 Å². The van der Waals surface area contributed by atoms with Crippen molar-refractivity contribution >= 4 is 17.3 Å². The van der Waals surface area contributed by atoms with Crippen molar-refractivity contribution in [3.63, 3.8) is 0 Å². The van der Waals surface area contributed by atoms with Crippen molar-refractivity contribution < 1.29 is 9.47 Å². The van der Waals surface area contributed by atoms with Gasteiger partial charge in [0.15, 0.2) is 5.65 Å². The Labute approximate surface area is 162 Å². The third kappa shape index (κ3) is 3.18. The second-order valence-corrected chi connectivity index (χ2v) is 7.28. The summed E-state index contributed by atoms with van der Waals surface area (Å²) in [4.78, 5) is 11.8. The van der Waals surface area contributed by atoms with E-state index in [0.29, 0.717) is 25.2 Å². The van der Waals surface area contributed by atoms with Crippen LogP contribution in [-0.4, -0.2) is 74.8 Å². The van der Waals surface area contributed by atoms with E-state index in [9.17, 15) is 0 Å². The molecule has 0 radical (unpaired) electrons. The number of morpholine rings is 1. The number of nitrogens with one attached hydrogen (secondary N) is 2. The SMILES string of the molecule is C[C@H]1COCCN1c1c(-c2cn[nH]c2)ncn2nc(NC3CCOCC3)nc12. The van der Waals surface area contributed by atoms with E-state index in [1.54, 1.807) is 17.0 Å². The summed E-state index contributed by atoms with van der Waals surface area (Å²) in [6.07, 6.45) is 7.27. The summed E-state index contributed by atoms with van der Waals surface area (Å²) in [6, 6.07) is 0.550. The van der Waals surface area contributed by atoms with E-state index in [0.717, 1.165) is 55.2 Å². The van der Waals surface area contributed by atoms with E-state index < -0.39 is 0 Å². The minimum Gasteiger partial charge on any atom is -0.381 e. The van der Waals surface area contributed by atoms with Crippen LogP contribution < -0.4 is 10.2 Å². The summed E-state index contributed by atoms with van der Waals surface area (Å²) in [5.74, 6) is 0.625. The smallest absolute Gasteiger partial charge is 0.243 e. The number of fused-ring (bicyclic) bond motifs is 1. The Kier molecular flexibility index (Phi) is 4.57.